The molecule has 0 aliphatic carbocycles. The fourth-order valence-corrected chi connectivity index (χ4v) is 3.19. The van der Waals surface area contributed by atoms with Crippen molar-refractivity contribution in [2.45, 2.75) is 58.3 Å². The Bertz CT molecular complexity index is 497. The van der Waals surface area contributed by atoms with E-state index in [0.29, 0.717) is 59.5 Å². The van der Waals surface area contributed by atoms with Crippen LogP contribution in [0.3, 0.4) is 0 Å². The van der Waals surface area contributed by atoms with E-state index in [2.05, 4.69) is 36.5 Å². The molecule has 0 aliphatic rings. The number of unbranched alkanes of at least 4 members (excludes halogenated alkanes) is 6. The molecule has 1 N–H and O–H groups in total. The lowest BCUT2D eigenvalue weighted by molar-refractivity contribution is -0.00418. The van der Waals surface area contributed by atoms with Crippen LogP contribution in [0.15, 0.2) is 24.3 Å². The Kier molecular flexibility index (Phi) is 20.7. The van der Waals surface area contributed by atoms with Crippen LogP contribution in [0.2, 0.25) is 0 Å². The topological polar surface area (TPSA) is 58.2 Å². The summed E-state index contributed by atoms with van der Waals surface area (Å²) in [6.07, 6.45) is 10.6. The van der Waals surface area contributed by atoms with Crippen LogP contribution < -0.4 is 10.1 Å². The normalized spacial score (nSPS) is 11.2. The van der Waals surface area contributed by atoms with Gasteiger partial charge in [0, 0.05) is 6.54 Å². The van der Waals surface area contributed by atoms with Crippen molar-refractivity contribution in [3.63, 3.8) is 0 Å². The van der Waals surface area contributed by atoms with E-state index < -0.39 is 0 Å². The molecule has 6 heteroatoms. The minimum Gasteiger partial charge on any atom is -0.491 e. The second-order valence-electron chi connectivity index (χ2n) is 7.92. The molecular formula is C26H47NO5. The zero-order valence-corrected chi connectivity index (χ0v) is 20.6. The van der Waals surface area contributed by atoms with Gasteiger partial charge in [0.05, 0.1) is 52.9 Å². The highest BCUT2D eigenvalue weighted by Crippen LogP contribution is 2.15. The molecule has 0 aliphatic heterocycles. The molecule has 0 saturated heterocycles. The largest absolute Gasteiger partial charge is 0.491 e. The summed E-state index contributed by atoms with van der Waals surface area (Å²) in [5, 5.41) is 3.03. The van der Waals surface area contributed by atoms with E-state index in [4.69, 9.17) is 23.7 Å². The first-order valence-electron chi connectivity index (χ1n) is 12.5. The smallest absolute Gasteiger partial charge is 0.119 e. The molecule has 0 aromatic heterocycles. The number of hydrogen-bond donors (Lipinski definition) is 1. The van der Waals surface area contributed by atoms with Gasteiger partial charge in [0.2, 0.25) is 0 Å². The monoisotopic (exact) mass is 453 g/mol. The first kappa shape index (κ1) is 28.9. The molecule has 0 spiro atoms. The van der Waals surface area contributed by atoms with E-state index in [1.165, 1.54) is 50.5 Å². The second kappa shape index (κ2) is 23.0. The summed E-state index contributed by atoms with van der Waals surface area (Å²) >= 11 is 0. The fraction of sp³-hybridized carbons (Fsp3) is 0.769. The maximum Gasteiger partial charge on any atom is 0.119 e. The molecule has 6 nitrogen and oxygen atoms in total. The Labute approximate surface area is 196 Å². The lowest BCUT2D eigenvalue weighted by Gasteiger charge is -2.09. The maximum absolute atomic E-state index is 5.75. The van der Waals surface area contributed by atoms with Crippen molar-refractivity contribution in [1.29, 1.82) is 0 Å². The average molecular weight is 454 g/mol. The van der Waals surface area contributed by atoms with Crippen molar-refractivity contribution in [2.75, 3.05) is 73.1 Å². The molecule has 1 aromatic rings. The van der Waals surface area contributed by atoms with Gasteiger partial charge in [0.1, 0.15) is 12.4 Å². The van der Waals surface area contributed by atoms with Crippen molar-refractivity contribution in [1.82, 2.24) is 5.32 Å². The summed E-state index contributed by atoms with van der Waals surface area (Å²) in [7, 11) is 1.91. The van der Waals surface area contributed by atoms with Crippen molar-refractivity contribution < 1.29 is 23.7 Å². The van der Waals surface area contributed by atoms with E-state index in [1.54, 1.807) is 0 Å². The molecule has 0 unspecified atom stereocenters. The number of ether oxygens (including phenoxy) is 5. The van der Waals surface area contributed by atoms with Crippen LogP contribution in [-0.4, -0.2) is 73.1 Å². The first-order valence-corrected chi connectivity index (χ1v) is 12.5. The molecule has 0 heterocycles. The lowest BCUT2D eigenvalue weighted by Crippen LogP contribution is -2.17. The summed E-state index contributed by atoms with van der Waals surface area (Å²) in [6, 6.07) is 8.48. The van der Waals surface area contributed by atoms with E-state index in [-0.39, 0.29) is 0 Å². The predicted molar refractivity (Wildman–Crippen MR) is 131 cm³/mol. The van der Waals surface area contributed by atoms with Crippen LogP contribution in [0.1, 0.15) is 57.4 Å². The first-order chi connectivity index (χ1) is 15.9. The third-order valence-electron chi connectivity index (χ3n) is 5.10. The van der Waals surface area contributed by atoms with Gasteiger partial charge in [0.25, 0.3) is 0 Å². The Morgan fingerprint density at radius 1 is 0.594 bits per heavy atom. The van der Waals surface area contributed by atoms with Gasteiger partial charge < -0.3 is 29.0 Å². The molecule has 0 saturated carbocycles. The van der Waals surface area contributed by atoms with Crippen LogP contribution >= 0.6 is 0 Å². The Balaban J connectivity index is 1.86. The summed E-state index contributed by atoms with van der Waals surface area (Å²) in [6.45, 7) is 8.44. The highest BCUT2D eigenvalue weighted by Gasteiger charge is 1.98. The summed E-state index contributed by atoms with van der Waals surface area (Å²) in [4.78, 5) is 0. The maximum atomic E-state index is 5.75. The van der Waals surface area contributed by atoms with E-state index in [0.717, 1.165) is 18.7 Å². The molecular weight excluding hydrogens is 406 g/mol. The number of benzene rings is 1. The third-order valence-corrected chi connectivity index (χ3v) is 5.10. The predicted octanol–water partition coefficient (Wildman–Crippen LogP) is 4.64. The Morgan fingerprint density at radius 2 is 1.09 bits per heavy atom. The molecule has 1 aromatic carbocycles. The van der Waals surface area contributed by atoms with Crippen LogP contribution in [0.4, 0.5) is 0 Å². The zero-order chi connectivity index (χ0) is 23.0. The van der Waals surface area contributed by atoms with E-state index >= 15 is 0 Å². The van der Waals surface area contributed by atoms with Gasteiger partial charge in [-0.15, -0.1) is 0 Å². The van der Waals surface area contributed by atoms with Crippen molar-refractivity contribution in [3.05, 3.63) is 29.8 Å². The van der Waals surface area contributed by atoms with Crippen LogP contribution in [0.25, 0.3) is 0 Å². The van der Waals surface area contributed by atoms with Gasteiger partial charge in [-0.05, 0) is 37.6 Å². The summed E-state index contributed by atoms with van der Waals surface area (Å²) < 4.78 is 27.6. The minimum absolute atomic E-state index is 0.549. The standard InChI is InChI=1S/C26H47NO5/c1-3-4-5-6-7-8-9-10-25-11-13-26(14-12-25)32-24-23-31-22-21-30-20-19-29-18-17-28-16-15-27-2/h11-14,27H,3-10,15-24H2,1-2H3. The SMILES string of the molecule is CCCCCCCCCc1ccc(OCCOCCOCCOCCOCCNC)cc1. The number of aryl methyl sites for hydroxylation is 1. The molecule has 186 valence electrons. The van der Waals surface area contributed by atoms with Crippen LogP contribution in [0, 0.1) is 0 Å². The Hall–Kier alpha value is -1.18. The third kappa shape index (κ3) is 18.4. The number of likely N-dealkylation sites (N-methyl/N-ethyl adjacent to an activating group) is 1. The quantitative estimate of drug-likeness (QED) is 0.230. The number of nitrogens with one attached hydrogen (secondary N) is 1. The van der Waals surface area contributed by atoms with Crippen LogP contribution in [-0.2, 0) is 25.4 Å². The zero-order valence-electron chi connectivity index (χ0n) is 20.6. The van der Waals surface area contributed by atoms with Crippen molar-refractivity contribution in [3.8, 4) is 5.75 Å². The van der Waals surface area contributed by atoms with Gasteiger partial charge in [-0.2, -0.15) is 0 Å². The van der Waals surface area contributed by atoms with Gasteiger partial charge >= 0.3 is 0 Å². The van der Waals surface area contributed by atoms with Gasteiger partial charge in [-0.25, -0.2) is 0 Å². The Morgan fingerprint density at radius 3 is 1.66 bits per heavy atom. The molecule has 0 radical (unpaired) electrons. The highest BCUT2D eigenvalue weighted by atomic mass is 16.6. The van der Waals surface area contributed by atoms with Crippen LogP contribution in [0.5, 0.6) is 5.75 Å². The van der Waals surface area contributed by atoms with Crippen molar-refractivity contribution >= 4 is 0 Å². The van der Waals surface area contributed by atoms with Gasteiger partial charge in [-0.1, -0.05) is 57.6 Å². The average Bonchev–Trinajstić information content (AvgIpc) is 2.82. The van der Waals surface area contributed by atoms with Crippen molar-refractivity contribution in [2.24, 2.45) is 0 Å². The molecule has 0 fully saturated rings. The molecule has 0 atom stereocenters. The van der Waals surface area contributed by atoms with E-state index in [9.17, 15) is 0 Å². The molecule has 1 rings (SSSR count). The number of rotatable bonds is 24. The summed E-state index contributed by atoms with van der Waals surface area (Å²) in [5.74, 6) is 0.903. The highest BCUT2D eigenvalue weighted by molar-refractivity contribution is 5.27. The second-order valence-corrected chi connectivity index (χ2v) is 7.92. The van der Waals surface area contributed by atoms with Gasteiger partial charge in [-0.3, -0.25) is 0 Å². The molecule has 0 bridgehead atoms. The van der Waals surface area contributed by atoms with Gasteiger partial charge in [0.15, 0.2) is 0 Å². The number of hydrogen-bond acceptors (Lipinski definition) is 6. The molecule has 0 amide bonds. The fourth-order valence-electron chi connectivity index (χ4n) is 3.19. The van der Waals surface area contributed by atoms with E-state index in [1.807, 2.05) is 7.05 Å². The minimum atomic E-state index is 0.549. The lowest BCUT2D eigenvalue weighted by atomic mass is 10.0. The molecule has 32 heavy (non-hydrogen) atoms. The summed E-state index contributed by atoms with van der Waals surface area (Å²) in [5.41, 5.74) is 1.39.